The Labute approximate surface area is 104 Å². The molecule has 0 heterocycles. The molecule has 0 aromatic carbocycles. The molecule has 1 saturated carbocycles. The van der Waals surface area contributed by atoms with E-state index < -0.39 is 0 Å². The lowest BCUT2D eigenvalue weighted by molar-refractivity contribution is -0.154. The summed E-state index contributed by atoms with van der Waals surface area (Å²) < 4.78 is 10.7. The van der Waals surface area contributed by atoms with Gasteiger partial charge in [-0.1, -0.05) is 0 Å². The van der Waals surface area contributed by atoms with E-state index in [1.807, 2.05) is 27.7 Å². The zero-order chi connectivity index (χ0) is 12.9. The highest BCUT2D eigenvalue weighted by Crippen LogP contribution is 2.23. The number of ether oxygens (including phenoxy) is 2. The van der Waals surface area contributed by atoms with Crippen molar-refractivity contribution < 1.29 is 14.3 Å². The van der Waals surface area contributed by atoms with E-state index in [9.17, 15) is 4.79 Å². The molecule has 1 aliphatic rings. The van der Waals surface area contributed by atoms with Crippen LogP contribution in [0.5, 0.6) is 0 Å². The Kier molecular flexibility index (Phi) is 5.40. The summed E-state index contributed by atoms with van der Waals surface area (Å²) in [5, 5.41) is 3.34. The van der Waals surface area contributed by atoms with E-state index in [1.54, 1.807) is 0 Å². The first-order valence-electron chi connectivity index (χ1n) is 6.47. The number of esters is 1. The summed E-state index contributed by atoms with van der Waals surface area (Å²) in [5.41, 5.74) is -0.381. The Morgan fingerprint density at radius 3 is 2.53 bits per heavy atom. The van der Waals surface area contributed by atoms with Gasteiger partial charge in [-0.3, -0.25) is 4.79 Å². The van der Waals surface area contributed by atoms with Crippen molar-refractivity contribution in [3.05, 3.63) is 0 Å². The molecule has 0 radical (unpaired) electrons. The van der Waals surface area contributed by atoms with Crippen molar-refractivity contribution in [1.29, 1.82) is 0 Å². The highest BCUT2D eigenvalue weighted by atomic mass is 16.6. The number of hydrogen-bond donors (Lipinski definition) is 1. The summed E-state index contributed by atoms with van der Waals surface area (Å²) in [4.78, 5) is 11.4. The minimum atomic E-state index is -0.381. The van der Waals surface area contributed by atoms with Gasteiger partial charge in [0.2, 0.25) is 0 Å². The predicted octanol–water partition coefficient (Wildman–Crippen LogP) is 1.88. The van der Waals surface area contributed by atoms with Gasteiger partial charge in [0.25, 0.3) is 0 Å². The van der Waals surface area contributed by atoms with Gasteiger partial charge < -0.3 is 14.8 Å². The second-order valence-electron chi connectivity index (χ2n) is 5.54. The SMILES string of the molecule is CCOC1CC(NCCC(=O)OC(C)(C)C)C1. The van der Waals surface area contributed by atoms with Crippen LogP contribution in [0.4, 0.5) is 0 Å². The molecule has 1 N–H and O–H groups in total. The molecular formula is C13H25NO3. The first-order valence-corrected chi connectivity index (χ1v) is 6.47. The summed E-state index contributed by atoms with van der Waals surface area (Å²) in [6, 6.07) is 0.508. The normalized spacial score (nSPS) is 24.2. The number of hydrogen-bond acceptors (Lipinski definition) is 4. The molecule has 0 aliphatic heterocycles. The molecule has 1 rings (SSSR count). The Morgan fingerprint density at radius 1 is 1.35 bits per heavy atom. The van der Waals surface area contributed by atoms with Gasteiger partial charge in [-0.25, -0.2) is 0 Å². The maximum absolute atomic E-state index is 11.4. The molecule has 0 unspecified atom stereocenters. The molecule has 0 atom stereocenters. The van der Waals surface area contributed by atoms with E-state index >= 15 is 0 Å². The summed E-state index contributed by atoms with van der Waals surface area (Å²) >= 11 is 0. The first kappa shape index (κ1) is 14.5. The minimum Gasteiger partial charge on any atom is -0.460 e. The van der Waals surface area contributed by atoms with Crippen LogP contribution in [0.3, 0.4) is 0 Å². The average molecular weight is 243 g/mol. The summed E-state index contributed by atoms with van der Waals surface area (Å²) in [6.45, 7) is 9.15. The van der Waals surface area contributed by atoms with Gasteiger partial charge in [-0.15, -0.1) is 0 Å². The molecule has 4 nitrogen and oxygen atoms in total. The number of carbonyl (C=O) groups is 1. The van der Waals surface area contributed by atoms with Crippen LogP contribution in [0, 0.1) is 0 Å². The third kappa shape index (κ3) is 6.03. The standard InChI is InChI=1S/C13H25NO3/c1-5-16-11-8-10(9-11)14-7-6-12(15)17-13(2,3)4/h10-11,14H,5-9H2,1-4H3. The molecular weight excluding hydrogens is 218 g/mol. The van der Waals surface area contributed by atoms with Crippen LogP contribution in [0.1, 0.15) is 47.0 Å². The Morgan fingerprint density at radius 2 is 2.00 bits per heavy atom. The molecule has 100 valence electrons. The van der Waals surface area contributed by atoms with Gasteiger partial charge >= 0.3 is 5.97 Å². The number of carbonyl (C=O) groups excluding carboxylic acids is 1. The predicted molar refractivity (Wildman–Crippen MR) is 66.9 cm³/mol. The van der Waals surface area contributed by atoms with Crippen LogP contribution >= 0.6 is 0 Å². The lowest BCUT2D eigenvalue weighted by Gasteiger charge is -2.35. The van der Waals surface area contributed by atoms with Crippen molar-refractivity contribution in [2.75, 3.05) is 13.2 Å². The second kappa shape index (κ2) is 6.36. The molecule has 0 saturated heterocycles. The van der Waals surface area contributed by atoms with Gasteiger partial charge in [0.05, 0.1) is 12.5 Å². The molecule has 0 bridgehead atoms. The quantitative estimate of drug-likeness (QED) is 0.724. The first-order chi connectivity index (χ1) is 7.90. The topological polar surface area (TPSA) is 47.6 Å². The number of nitrogens with one attached hydrogen (secondary N) is 1. The number of rotatable bonds is 6. The third-order valence-corrected chi connectivity index (χ3v) is 2.68. The van der Waals surface area contributed by atoms with Crippen LogP contribution in [0.25, 0.3) is 0 Å². The van der Waals surface area contributed by atoms with Gasteiger partial charge in [0.1, 0.15) is 5.60 Å². The highest BCUT2D eigenvalue weighted by molar-refractivity contribution is 5.70. The largest absolute Gasteiger partial charge is 0.460 e. The van der Waals surface area contributed by atoms with Gasteiger partial charge in [-0.2, -0.15) is 0 Å². The highest BCUT2D eigenvalue weighted by Gasteiger charge is 2.29. The van der Waals surface area contributed by atoms with Crippen LogP contribution in [-0.2, 0) is 14.3 Å². The Hall–Kier alpha value is -0.610. The van der Waals surface area contributed by atoms with E-state index in [1.165, 1.54) is 0 Å². The molecule has 0 aromatic rings. The fourth-order valence-corrected chi connectivity index (χ4v) is 1.87. The van der Waals surface area contributed by atoms with E-state index in [-0.39, 0.29) is 11.6 Å². The average Bonchev–Trinajstić information content (AvgIpc) is 2.10. The minimum absolute atomic E-state index is 0.134. The third-order valence-electron chi connectivity index (χ3n) is 2.68. The van der Waals surface area contributed by atoms with Crippen LogP contribution in [-0.4, -0.2) is 36.9 Å². The molecule has 1 fully saturated rings. The smallest absolute Gasteiger partial charge is 0.307 e. The maximum Gasteiger partial charge on any atom is 0.307 e. The van der Waals surface area contributed by atoms with Crippen LogP contribution in [0.2, 0.25) is 0 Å². The Balaban J connectivity index is 2.00. The van der Waals surface area contributed by atoms with E-state index in [0.717, 1.165) is 19.4 Å². The molecule has 0 amide bonds. The zero-order valence-corrected chi connectivity index (χ0v) is 11.4. The zero-order valence-electron chi connectivity index (χ0n) is 11.4. The second-order valence-corrected chi connectivity index (χ2v) is 5.54. The molecule has 1 aliphatic carbocycles. The van der Waals surface area contributed by atoms with Crippen molar-refractivity contribution >= 4 is 5.97 Å². The monoisotopic (exact) mass is 243 g/mol. The maximum atomic E-state index is 11.4. The van der Waals surface area contributed by atoms with E-state index in [0.29, 0.717) is 25.1 Å². The summed E-state index contributed by atoms with van der Waals surface area (Å²) in [5.74, 6) is -0.134. The lowest BCUT2D eigenvalue weighted by Crippen LogP contribution is -2.46. The molecule has 17 heavy (non-hydrogen) atoms. The Bertz CT molecular complexity index is 242. The van der Waals surface area contributed by atoms with Crippen LogP contribution < -0.4 is 5.32 Å². The van der Waals surface area contributed by atoms with Crippen molar-refractivity contribution in [3.8, 4) is 0 Å². The van der Waals surface area contributed by atoms with E-state index in [4.69, 9.17) is 9.47 Å². The molecule has 0 spiro atoms. The molecule has 4 heteroatoms. The summed E-state index contributed by atoms with van der Waals surface area (Å²) in [7, 11) is 0. The van der Waals surface area contributed by atoms with Gasteiger partial charge in [0.15, 0.2) is 0 Å². The van der Waals surface area contributed by atoms with Gasteiger partial charge in [-0.05, 0) is 40.5 Å². The van der Waals surface area contributed by atoms with Crippen molar-refractivity contribution in [1.82, 2.24) is 5.32 Å². The van der Waals surface area contributed by atoms with Gasteiger partial charge in [0, 0.05) is 19.2 Å². The van der Waals surface area contributed by atoms with Crippen molar-refractivity contribution in [2.24, 2.45) is 0 Å². The van der Waals surface area contributed by atoms with Crippen molar-refractivity contribution in [3.63, 3.8) is 0 Å². The lowest BCUT2D eigenvalue weighted by atomic mass is 9.89. The van der Waals surface area contributed by atoms with E-state index in [2.05, 4.69) is 5.32 Å². The fourth-order valence-electron chi connectivity index (χ4n) is 1.87. The molecule has 0 aromatic heterocycles. The van der Waals surface area contributed by atoms with Crippen molar-refractivity contribution in [2.45, 2.75) is 64.7 Å². The summed E-state index contributed by atoms with van der Waals surface area (Å²) in [6.07, 6.45) is 2.97. The van der Waals surface area contributed by atoms with Crippen LogP contribution in [0.15, 0.2) is 0 Å². The fraction of sp³-hybridized carbons (Fsp3) is 0.923.